The maximum Gasteiger partial charge on any atom is 0.243 e. The molecular formula is C14H12ClN3O3S2. The first-order chi connectivity index (χ1) is 11.0. The Bertz CT molecular complexity index is 890. The number of thiophene rings is 1. The molecule has 1 aromatic carbocycles. The first kappa shape index (κ1) is 16.1. The standard InChI is InChI=1S/C14H12ClN3O3S2/c1-18(23(19,20)11-6-4-10(15)5-7-11)9-13-16-14(17-21-13)12-3-2-8-22-12/h2-8H,9H2,1H3. The zero-order valence-corrected chi connectivity index (χ0v) is 14.4. The van der Waals surface area contributed by atoms with Gasteiger partial charge in [-0.2, -0.15) is 9.29 Å². The Morgan fingerprint density at radius 2 is 2.00 bits per heavy atom. The molecule has 0 aliphatic carbocycles. The molecule has 0 atom stereocenters. The number of aromatic nitrogens is 2. The van der Waals surface area contributed by atoms with Gasteiger partial charge in [0.1, 0.15) is 0 Å². The number of hydrogen-bond donors (Lipinski definition) is 0. The Kier molecular flexibility index (Phi) is 4.49. The second-order valence-corrected chi connectivity index (χ2v) is 8.13. The van der Waals surface area contributed by atoms with Gasteiger partial charge >= 0.3 is 0 Å². The molecule has 6 nitrogen and oxygen atoms in total. The number of nitrogens with zero attached hydrogens (tertiary/aromatic N) is 3. The molecule has 0 radical (unpaired) electrons. The predicted octanol–water partition coefficient (Wildman–Crippen LogP) is 3.27. The molecule has 0 bridgehead atoms. The molecule has 0 unspecified atom stereocenters. The second-order valence-electron chi connectivity index (χ2n) is 4.70. The average Bonchev–Trinajstić information content (AvgIpc) is 3.18. The molecule has 23 heavy (non-hydrogen) atoms. The Morgan fingerprint density at radius 3 is 2.65 bits per heavy atom. The zero-order chi connectivity index (χ0) is 16.4. The van der Waals surface area contributed by atoms with Gasteiger partial charge in [0.25, 0.3) is 0 Å². The quantitative estimate of drug-likeness (QED) is 0.689. The second kappa shape index (κ2) is 6.40. The SMILES string of the molecule is CN(Cc1nc(-c2cccs2)no1)S(=O)(=O)c1ccc(Cl)cc1. The minimum Gasteiger partial charge on any atom is -0.337 e. The van der Waals surface area contributed by atoms with Crippen LogP contribution >= 0.6 is 22.9 Å². The molecule has 3 rings (SSSR count). The summed E-state index contributed by atoms with van der Waals surface area (Å²) in [5.41, 5.74) is 0. The van der Waals surface area contributed by atoms with Gasteiger partial charge in [-0.05, 0) is 35.7 Å². The summed E-state index contributed by atoms with van der Waals surface area (Å²) in [5.74, 6) is 0.681. The number of sulfonamides is 1. The molecule has 2 heterocycles. The van der Waals surface area contributed by atoms with Crippen LogP contribution in [0, 0.1) is 0 Å². The smallest absolute Gasteiger partial charge is 0.243 e. The average molecular weight is 370 g/mol. The summed E-state index contributed by atoms with van der Waals surface area (Å²) >= 11 is 7.26. The molecule has 9 heteroatoms. The summed E-state index contributed by atoms with van der Waals surface area (Å²) in [6.07, 6.45) is 0. The molecule has 0 aliphatic rings. The molecule has 120 valence electrons. The van der Waals surface area contributed by atoms with E-state index in [1.165, 1.54) is 42.6 Å². The lowest BCUT2D eigenvalue weighted by Crippen LogP contribution is -2.26. The van der Waals surface area contributed by atoms with Crippen molar-refractivity contribution in [1.29, 1.82) is 0 Å². The van der Waals surface area contributed by atoms with Crippen LogP contribution in [-0.4, -0.2) is 29.9 Å². The van der Waals surface area contributed by atoms with Crippen LogP contribution in [0.25, 0.3) is 10.7 Å². The molecular weight excluding hydrogens is 358 g/mol. The van der Waals surface area contributed by atoms with E-state index in [0.717, 1.165) is 9.18 Å². The van der Waals surface area contributed by atoms with E-state index in [-0.39, 0.29) is 17.3 Å². The van der Waals surface area contributed by atoms with Crippen molar-refractivity contribution in [3.05, 3.63) is 52.7 Å². The van der Waals surface area contributed by atoms with Gasteiger partial charge in [-0.15, -0.1) is 11.3 Å². The molecule has 0 amide bonds. The topological polar surface area (TPSA) is 76.3 Å². The van der Waals surface area contributed by atoms with E-state index in [0.29, 0.717) is 10.8 Å². The van der Waals surface area contributed by atoms with E-state index < -0.39 is 10.0 Å². The van der Waals surface area contributed by atoms with Crippen molar-refractivity contribution in [2.45, 2.75) is 11.4 Å². The first-order valence-corrected chi connectivity index (χ1v) is 9.25. The molecule has 0 aliphatic heterocycles. The normalized spacial score (nSPS) is 12.0. The Balaban J connectivity index is 1.78. The summed E-state index contributed by atoms with van der Waals surface area (Å²) in [6, 6.07) is 9.73. The van der Waals surface area contributed by atoms with Crippen molar-refractivity contribution < 1.29 is 12.9 Å². The highest BCUT2D eigenvalue weighted by Gasteiger charge is 2.23. The van der Waals surface area contributed by atoms with E-state index >= 15 is 0 Å². The Labute approximate surface area is 142 Å². The third-order valence-corrected chi connectivity index (χ3v) is 6.02. The lowest BCUT2D eigenvalue weighted by atomic mass is 10.4. The van der Waals surface area contributed by atoms with Crippen LogP contribution < -0.4 is 0 Å². The van der Waals surface area contributed by atoms with E-state index in [1.54, 1.807) is 0 Å². The van der Waals surface area contributed by atoms with Crippen LogP contribution in [0.5, 0.6) is 0 Å². The Morgan fingerprint density at radius 1 is 1.26 bits per heavy atom. The van der Waals surface area contributed by atoms with Crippen LogP contribution in [0.4, 0.5) is 0 Å². The van der Waals surface area contributed by atoms with Crippen molar-refractivity contribution in [2.24, 2.45) is 0 Å². The predicted molar refractivity (Wildman–Crippen MR) is 87.7 cm³/mol. The van der Waals surface area contributed by atoms with Gasteiger partial charge < -0.3 is 4.52 Å². The minimum atomic E-state index is -3.65. The highest BCUT2D eigenvalue weighted by molar-refractivity contribution is 7.89. The van der Waals surface area contributed by atoms with Crippen LogP contribution in [-0.2, 0) is 16.6 Å². The molecule has 0 spiro atoms. The lowest BCUT2D eigenvalue weighted by Gasteiger charge is -2.14. The maximum atomic E-state index is 12.5. The fraction of sp³-hybridized carbons (Fsp3) is 0.143. The van der Waals surface area contributed by atoms with Crippen molar-refractivity contribution in [3.8, 4) is 10.7 Å². The van der Waals surface area contributed by atoms with E-state index in [9.17, 15) is 8.42 Å². The molecule has 2 aromatic heterocycles. The van der Waals surface area contributed by atoms with Crippen LogP contribution in [0.15, 0.2) is 51.2 Å². The summed E-state index contributed by atoms with van der Waals surface area (Å²) in [7, 11) is -2.19. The molecule has 3 aromatic rings. The van der Waals surface area contributed by atoms with Crippen molar-refractivity contribution in [3.63, 3.8) is 0 Å². The van der Waals surface area contributed by atoms with Crippen molar-refractivity contribution >= 4 is 33.0 Å². The highest BCUT2D eigenvalue weighted by Crippen LogP contribution is 2.23. The van der Waals surface area contributed by atoms with Gasteiger partial charge in [0.05, 0.1) is 16.3 Å². The zero-order valence-electron chi connectivity index (χ0n) is 12.0. The monoisotopic (exact) mass is 369 g/mol. The third kappa shape index (κ3) is 3.45. The third-order valence-electron chi connectivity index (χ3n) is 3.09. The molecule has 0 N–H and O–H groups in total. The summed E-state index contributed by atoms with van der Waals surface area (Å²) in [4.78, 5) is 5.24. The van der Waals surface area contributed by atoms with Gasteiger partial charge in [0.15, 0.2) is 0 Å². The van der Waals surface area contributed by atoms with E-state index in [1.807, 2.05) is 17.5 Å². The number of benzene rings is 1. The maximum absolute atomic E-state index is 12.5. The summed E-state index contributed by atoms with van der Waals surface area (Å²) < 4.78 is 31.2. The molecule has 0 saturated carbocycles. The summed E-state index contributed by atoms with van der Waals surface area (Å²) in [5, 5.41) is 6.24. The van der Waals surface area contributed by atoms with Crippen LogP contribution in [0.2, 0.25) is 5.02 Å². The van der Waals surface area contributed by atoms with Crippen molar-refractivity contribution in [1.82, 2.24) is 14.4 Å². The first-order valence-electron chi connectivity index (χ1n) is 6.55. The number of halogens is 1. The van der Waals surface area contributed by atoms with Crippen LogP contribution in [0.1, 0.15) is 5.89 Å². The van der Waals surface area contributed by atoms with Crippen LogP contribution in [0.3, 0.4) is 0 Å². The summed E-state index contributed by atoms with van der Waals surface area (Å²) in [6.45, 7) is -0.0106. The minimum absolute atomic E-state index is 0.0106. The lowest BCUT2D eigenvalue weighted by molar-refractivity contribution is 0.337. The Hall–Kier alpha value is -1.74. The van der Waals surface area contributed by atoms with Gasteiger partial charge in [0, 0.05) is 12.1 Å². The van der Waals surface area contributed by atoms with Crippen molar-refractivity contribution in [2.75, 3.05) is 7.05 Å². The van der Waals surface area contributed by atoms with E-state index in [4.69, 9.17) is 16.1 Å². The fourth-order valence-electron chi connectivity index (χ4n) is 1.89. The van der Waals surface area contributed by atoms with E-state index in [2.05, 4.69) is 10.1 Å². The molecule has 0 saturated heterocycles. The number of rotatable bonds is 5. The molecule has 0 fully saturated rings. The van der Waals surface area contributed by atoms with Gasteiger partial charge in [-0.1, -0.05) is 22.8 Å². The number of hydrogen-bond acceptors (Lipinski definition) is 6. The largest absolute Gasteiger partial charge is 0.337 e. The van der Waals surface area contributed by atoms with Gasteiger partial charge in [-0.25, -0.2) is 8.42 Å². The van der Waals surface area contributed by atoms with Gasteiger partial charge in [-0.3, -0.25) is 0 Å². The highest BCUT2D eigenvalue weighted by atomic mass is 35.5. The van der Waals surface area contributed by atoms with Gasteiger partial charge in [0.2, 0.25) is 21.7 Å². The fourth-order valence-corrected chi connectivity index (χ4v) is 3.78.